The Balaban J connectivity index is 0.00000272. The van der Waals surface area contributed by atoms with Crippen molar-refractivity contribution in [3.8, 4) is 0 Å². The molecule has 1 unspecified atom stereocenters. The summed E-state index contributed by atoms with van der Waals surface area (Å²) in [6.45, 7) is 5.06. The molecule has 3 aliphatic rings. The average Bonchev–Trinajstić information content (AvgIpc) is 3.38. The van der Waals surface area contributed by atoms with Crippen LogP contribution in [0.5, 0.6) is 0 Å². The largest absolute Gasteiger partial charge is 0.416 e. The summed E-state index contributed by atoms with van der Waals surface area (Å²) in [6.07, 6.45) is -0.836. The Hall–Kier alpha value is -1.07. The van der Waals surface area contributed by atoms with Gasteiger partial charge in [0.15, 0.2) is 5.96 Å². The molecule has 1 aromatic rings. The van der Waals surface area contributed by atoms with E-state index < -0.39 is 17.2 Å². The fraction of sp³-hybridized carbons (Fsp3) is 0.682. The second kappa shape index (κ2) is 9.82. The van der Waals surface area contributed by atoms with Gasteiger partial charge in [-0.05, 0) is 37.3 Å². The van der Waals surface area contributed by atoms with E-state index in [9.17, 15) is 13.2 Å². The predicted octanol–water partition coefficient (Wildman–Crippen LogP) is 4.06. The number of halogens is 4. The molecule has 0 aliphatic carbocycles. The molecular weight excluding hydrogens is 522 g/mol. The van der Waals surface area contributed by atoms with E-state index in [0.29, 0.717) is 38.2 Å². The van der Waals surface area contributed by atoms with E-state index in [1.54, 1.807) is 7.05 Å². The van der Waals surface area contributed by atoms with Crippen LogP contribution in [0.2, 0.25) is 0 Å². The molecule has 0 amide bonds. The number of aliphatic imine (C=N–C) groups is 1. The molecule has 3 aliphatic heterocycles. The Labute approximate surface area is 198 Å². The van der Waals surface area contributed by atoms with Crippen molar-refractivity contribution in [2.24, 2.45) is 10.4 Å². The highest BCUT2D eigenvalue weighted by atomic mass is 127. The third kappa shape index (κ3) is 5.30. The fourth-order valence-electron chi connectivity index (χ4n) is 5.02. The Morgan fingerprint density at radius 1 is 1.13 bits per heavy atom. The van der Waals surface area contributed by atoms with Gasteiger partial charge in [0.2, 0.25) is 0 Å². The number of likely N-dealkylation sites (tertiary alicyclic amines) is 1. The maximum atomic E-state index is 13.3. The zero-order chi connectivity index (χ0) is 21.2. The molecule has 0 saturated carbocycles. The lowest BCUT2D eigenvalue weighted by Gasteiger charge is -2.39. The smallest absolute Gasteiger partial charge is 0.381 e. The number of alkyl halides is 3. The summed E-state index contributed by atoms with van der Waals surface area (Å²) < 4.78 is 51.1. The van der Waals surface area contributed by atoms with Crippen LogP contribution in [0.25, 0.3) is 0 Å². The second-order valence-electron chi connectivity index (χ2n) is 8.85. The topological polar surface area (TPSA) is 46.1 Å². The molecule has 9 heteroatoms. The second-order valence-corrected chi connectivity index (χ2v) is 8.85. The fourth-order valence-corrected chi connectivity index (χ4v) is 5.02. The molecular formula is C22H31F3IN3O2. The summed E-state index contributed by atoms with van der Waals surface area (Å²) in [4.78, 5) is 6.73. The van der Waals surface area contributed by atoms with Crippen LogP contribution in [0.15, 0.2) is 29.3 Å². The molecule has 5 nitrogen and oxygen atoms in total. The molecule has 1 atom stereocenters. The number of hydrogen-bond donors (Lipinski definition) is 1. The Kier molecular flexibility index (Phi) is 7.79. The van der Waals surface area contributed by atoms with Crippen molar-refractivity contribution in [2.45, 2.75) is 37.3 Å². The number of ether oxygens (including phenoxy) is 2. The highest BCUT2D eigenvalue weighted by Gasteiger charge is 2.43. The van der Waals surface area contributed by atoms with Gasteiger partial charge in [0.1, 0.15) is 0 Å². The van der Waals surface area contributed by atoms with Crippen LogP contribution in [0.1, 0.15) is 36.8 Å². The highest BCUT2D eigenvalue weighted by molar-refractivity contribution is 14.0. The minimum atomic E-state index is -4.35. The lowest BCUT2D eigenvalue weighted by Crippen LogP contribution is -2.49. The van der Waals surface area contributed by atoms with E-state index in [-0.39, 0.29) is 29.4 Å². The van der Waals surface area contributed by atoms with Crippen molar-refractivity contribution in [2.75, 3.05) is 53.1 Å². The van der Waals surface area contributed by atoms with Crippen molar-refractivity contribution in [1.29, 1.82) is 0 Å². The summed E-state index contributed by atoms with van der Waals surface area (Å²) in [5.41, 5.74) is -0.0816. The van der Waals surface area contributed by atoms with E-state index in [4.69, 9.17) is 9.47 Å². The van der Waals surface area contributed by atoms with Gasteiger partial charge < -0.3 is 19.7 Å². The Bertz CT molecular complexity index is 776. The molecule has 1 N–H and O–H groups in total. The van der Waals surface area contributed by atoms with Crippen LogP contribution in [0.4, 0.5) is 13.2 Å². The molecule has 31 heavy (non-hydrogen) atoms. The minimum absolute atomic E-state index is 0. The van der Waals surface area contributed by atoms with E-state index >= 15 is 0 Å². The summed E-state index contributed by atoms with van der Waals surface area (Å²) in [5, 5.41) is 3.48. The zero-order valence-electron chi connectivity index (χ0n) is 17.8. The maximum absolute atomic E-state index is 13.3. The molecule has 0 bridgehead atoms. The van der Waals surface area contributed by atoms with Gasteiger partial charge in [-0.25, -0.2) is 0 Å². The van der Waals surface area contributed by atoms with Gasteiger partial charge in [0, 0.05) is 57.3 Å². The van der Waals surface area contributed by atoms with Crippen LogP contribution < -0.4 is 5.32 Å². The number of hydrogen-bond acceptors (Lipinski definition) is 3. The van der Waals surface area contributed by atoms with Gasteiger partial charge in [-0.1, -0.05) is 18.2 Å². The van der Waals surface area contributed by atoms with Gasteiger partial charge in [-0.2, -0.15) is 13.2 Å². The molecule has 0 radical (unpaired) electrons. The van der Waals surface area contributed by atoms with Crippen molar-refractivity contribution >= 4 is 29.9 Å². The van der Waals surface area contributed by atoms with E-state index in [2.05, 4.69) is 15.2 Å². The zero-order valence-corrected chi connectivity index (χ0v) is 20.2. The summed E-state index contributed by atoms with van der Waals surface area (Å²) in [5.74, 6) is 0.816. The number of guanidine groups is 1. The van der Waals surface area contributed by atoms with Crippen LogP contribution in [-0.4, -0.2) is 64.0 Å². The minimum Gasteiger partial charge on any atom is -0.381 e. The van der Waals surface area contributed by atoms with Gasteiger partial charge in [0.05, 0.1) is 12.2 Å². The first-order chi connectivity index (χ1) is 14.4. The highest BCUT2D eigenvalue weighted by Crippen LogP contribution is 2.39. The van der Waals surface area contributed by atoms with Gasteiger partial charge in [0.25, 0.3) is 0 Å². The Morgan fingerprint density at radius 3 is 2.52 bits per heavy atom. The standard InChI is InChI=1S/C22H30F3N3O2.HI/c1-26-19(28-9-5-20(15-28)6-10-30-16-20)27-14-21(7-11-29-12-8-21)17-3-2-4-18(13-17)22(23,24)25;/h2-4,13H,5-12,14-16H2,1H3,(H,26,27);1H. The normalized spacial score (nSPS) is 26.2. The first-order valence-electron chi connectivity index (χ1n) is 10.6. The van der Waals surface area contributed by atoms with E-state index in [0.717, 1.165) is 51.2 Å². The summed E-state index contributed by atoms with van der Waals surface area (Å²) in [7, 11) is 1.76. The predicted molar refractivity (Wildman–Crippen MR) is 124 cm³/mol. The van der Waals surface area contributed by atoms with Gasteiger partial charge in [-0.15, -0.1) is 24.0 Å². The van der Waals surface area contributed by atoms with E-state index in [1.165, 1.54) is 12.1 Å². The summed E-state index contributed by atoms with van der Waals surface area (Å²) in [6, 6.07) is 5.76. The lowest BCUT2D eigenvalue weighted by atomic mass is 9.73. The molecule has 3 saturated heterocycles. The molecule has 0 aromatic heterocycles. The molecule has 4 rings (SSSR count). The molecule has 174 valence electrons. The quantitative estimate of drug-likeness (QED) is 0.349. The van der Waals surface area contributed by atoms with Gasteiger partial charge >= 0.3 is 6.18 Å². The third-order valence-electron chi connectivity index (χ3n) is 6.97. The van der Waals surface area contributed by atoms with Crippen molar-refractivity contribution in [1.82, 2.24) is 10.2 Å². The average molecular weight is 553 g/mol. The number of nitrogens with one attached hydrogen (secondary N) is 1. The number of benzene rings is 1. The molecule has 3 fully saturated rings. The lowest BCUT2D eigenvalue weighted by molar-refractivity contribution is -0.137. The Morgan fingerprint density at radius 2 is 1.87 bits per heavy atom. The monoisotopic (exact) mass is 553 g/mol. The van der Waals surface area contributed by atoms with Crippen LogP contribution in [-0.2, 0) is 21.1 Å². The molecule has 3 heterocycles. The van der Waals surface area contributed by atoms with Crippen molar-refractivity contribution in [3.05, 3.63) is 35.4 Å². The first-order valence-corrected chi connectivity index (χ1v) is 10.6. The molecule has 1 spiro atoms. The van der Waals surface area contributed by atoms with Crippen molar-refractivity contribution in [3.63, 3.8) is 0 Å². The van der Waals surface area contributed by atoms with Crippen molar-refractivity contribution < 1.29 is 22.6 Å². The first kappa shape index (κ1) is 24.6. The van der Waals surface area contributed by atoms with E-state index in [1.807, 2.05) is 6.07 Å². The van der Waals surface area contributed by atoms with Gasteiger partial charge in [-0.3, -0.25) is 4.99 Å². The maximum Gasteiger partial charge on any atom is 0.416 e. The van der Waals surface area contributed by atoms with Crippen LogP contribution in [0, 0.1) is 5.41 Å². The van der Waals surface area contributed by atoms with Crippen LogP contribution in [0.3, 0.4) is 0 Å². The molecule has 1 aromatic carbocycles. The van der Waals surface area contributed by atoms with Crippen LogP contribution >= 0.6 is 24.0 Å². The number of nitrogens with zero attached hydrogens (tertiary/aromatic N) is 2. The third-order valence-corrected chi connectivity index (χ3v) is 6.97. The SMILES string of the molecule is CN=C(NCC1(c2cccc(C(F)(F)F)c2)CCOCC1)N1CCC2(CCOC2)C1.I. The summed E-state index contributed by atoms with van der Waals surface area (Å²) >= 11 is 0. The number of rotatable bonds is 3.